The van der Waals surface area contributed by atoms with Gasteiger partial charge in [-0.2, -0.15) is 0 Å². The molecule has 0 unspecified atom stereocenters. The van der Waals surface area contributed by atoms with Crippen molar-refractivity contribution in [2.45, 2.75) is 0 Å². The molecule has 15 heavy (non-hydrogen) atoms. The second kappa shape index (κ2) is 6.27. The first-order valence-corrected chi connectivity index (χ1v) is 7.00. The highest BCUT2D eigenvalue weighted by molar-refractivity contribution is 9.28. The van der Waals surface area contributed by atoms with Gasteiger partial charge in [-0.15, -0.1) is 0 Å². The van der Waals surface area contributed by atoms with E-state index in [1.165, 1.54) is 0 Å². The predicted molar refractivity (Wildman–Crippen MR) is 74.9 cm³/mol. The zero-order valence-electron chi connectivity index (χ0n) is 7.31. The molecule has 0 saturated carbocycles. The van der Waals surface area contributed by atoms with Gasteiger partial charge in [0.1, 0.15) is 18.1 Å². The molecule has 0 aliphatic rings. The largest absolute Gasteiger partial charge is 0.506 e. The highest BCUT2D eigenvalue weighted by Crippen LogP contribution is 2.36. The minimum atomic E-state index is 0.166. The first-order chi connectivity index (χ1) is 7.00. The highest BCUT2D eigenvalue weighted by Gasteiger charge is 2.06. The number of benzene rings is 1. The summed E-state index contributed by atoms with van der Waals surface area (Å²) in [4.78, 5) is 0. The molecule has 0 bridgehead atoms. The molecule has 82 valence electrons. The molecule has 2 nitrogen and oxygen atoms in total. The maximum atomic E-state index is 9.47. The molecule has 1 N–H and O–H groups in total. The molecule has 0 fully saturated rings. The van der Waals surface area contributed by atoms with Crippen LogP contribution in [0.25, 0.3) is 0 Å². The van der Waals surface area contributed by atoms with E-state index in [-0.39, 0.29) is 5.75 Å². The van der Waals surface area contributed by atoms with Crippen LogP contribution in [-0.2, 0) is 0 Å². The number of hydrogen-bond acceptors (Lipinski definition) is 2. The van der Waals surface area contributed by atoms with Crippen LogP contribution in [0.5, 0.6) is 11.5 Å². The van der Waals surface area contributed by atoms with Gasteiger partial charge in [-0.05, 0) is 81.9 Å². The van der Waals surface area contributed by atoms with Gasteiger partial charge in [-0.1, -0.05) is 0 Å². The quantitative estimate of drug-likeness (QED) is 0.686. The van der Waals surface area contributed by atoms with Crippen molar-refractivity contribution < 1.29 is 9.84 Å². The number of phenolic OH excluding ortho intramolecular Hbond substituents is 1. The fourth-order valence-electron chi connectivity index (χ4n) is 0.826. The molecule has 1 aromatic carbocycles. The summed E-state index contributed by atoms with van der Waals surface area (Å²) in [5.41, 5.74) is 0. The summed E-state index contributed by atoms with van der Waals surface area (Å²) >= 11 is 12.9. The van der Waals surface area contributed by atoms with Crippen LogP contribution >= 0.6 is 63.7 Å². The maximum absolute atomic E-state index is 9.47. The third-order valence-electron chi connectivity index (χ3n) is 1.48. The Bertz CT molecular complexity index is 363. The number of hydrogen-bond donors (Lipinski definition) is 1. The van der Waals surface area contributed by atoms with E-state index in [2.05, 4.69) is 63.7 Å². The fraction of sp³-hybridized carbons (Fsp3) is 0.111. The van der Waals surface area contributed by atoms with Crippen LogP contribution in [0.15, 0.2) is 30.5 Å². The zero-order valence-corrected chi connectivity index (χ0v) is 13.7. The molecular formula is C9H6Br4O2. The number of rotatable bonds is 3. The monoisotopic (exact) mass is 462 g/mol. The molecule has 0 aromatic heterocycles. The Balaban J connectivity index is 2.75. The molecule has 1 rings (SSSR count). The first-order valence-electron chi connectivity index (χ1n) is 3.82. The van der Waals surface area contributed by atoms with Gasteiger partial charge in [-0.3, -0.25) is 0 Å². The molecular weight excluding hydrogens is 460 g/mol. The van der Waals surface area contributed by atoms with E-state index < -0.39 is 0 Å². The van der Waals surface area contributed by atoms with Gasteiger partial charge in [0.2, 0.25) is 0 Å². The van der Waals surface area contributed by atoms with Crippen LogP contribution in [0.3, 0.4) is 0 Å². The van der Waals surface area contributed by atoms with Crippen LogP contribution in [0.4, 0.5) is 0 Å². The number of halogens is 4. The lowest BCUT2D eigenvalue weighted by Gasteiger charge is -2.06. The Hall–Kier alpha value is 0.480. The predicted octanol–water partition coefficient (Wildman–Crippen LogP) is 4.93. The summed E-state index contributed by atoms with van der Waals surface area (Å²) in [6, 6.07) is 3.41. The summed E-state index contributed by atoms with van der Waals surface area (Å²) in [7, 11) is 0. The lowest BCUT2D eigenvalue weighted by atomic mass is 10.3. The van der Waals surface area contributed by atoms with Crippen molar-refractivity contribution in [3.63, 3.8) is 0 Å². The Morgan fingerprint density at radius 1 is 1.27 bits per heavy atom. The lowest BCUT2D eigenvalue weighted by molar-refractivity contribution is 0.361. The fourth-order valence-corrected chi connectivity index (χ4v) is 2.24. The van der Waals surface area contributed by atoms with Crippen molar-refractivity contribution in [2.75, 3.05) is 6.61 Å². The van der Waals surface area contributed by atoms with E-state index in [0.717, 1.165) is 3.39 Å². The van der Waals surface area contributed by atoms with Gasteiger partial charge in [-0.25, -0.2) is 0 Å². The number of phenols is 1. The van der Waals surface area contributed by atoms with E-state index in [4.69, 9.17) is 4.74 Å². The van der Waals surface area contributed by atoms with Crippen molar-refractivity contribution in [3.05, 3.63) is 30.5 Å². The van der Waals surface area contributed by atoms with E-state index in [1.54, 1.807) is 12.1 Å². The zero-order chi connectivity index (χ0) is 11.4. The van der Waals surface area contributed by atoms with E-state index in [0.29, 0.717) is 21.3 Å². The SMILES string of the molecule is Oc1c(Br)cc(OCC=C(Br)Br)cc1Br. The van der Waals surface area contributed by atoms with Crippen molar-refractivity contribution >= 4 is 63.7 Å². The minimum Gasteiger partial charge on any atom is -0.506 e. The minimum absolute atomic E-state index is 0.166. The van der Waals surface area contributed by atoms with Gasteiger partial charge in [0.25, 0.3) is 0 Å². The third-order valence-corrected chi connectivity index (χ3v) is 3.33. The van der Waals surface area contributed by atoms with Crippen molar-refractivity contribution in [3.8, 4) is 11.5 Å². The molecule has 0 radical (unpaired) electrons. The Kier molecular flexibility index (Phi) is 5.66. The van der Waals surface area contributed by atoms with Crippen molar-refractivity contribution in [1.29, 1.82) is 0 Å². The van der Waals surface area contributed by atoms with Crippen molar-refractivity contribution in [2.24, 2.45) is 0 Å². The van der Waals surface area contributed by atoms with E-state index >= 15 is 0 Å². The molecule has 0 aliphatic carbocycles. The van der Waals surface area contributed by atoms with Crippen LogP contribution < -0.4 is 4.74 Å². The van der Waals surface area contributed by atoms with Gasteiger partial charge in [0.15, 0.2) is 0 Å². The normalized spacial score (nSPS) is 9.87. The van der Waals surface area contributed by atoms with Gasteiger partial charge in [0.05, 0.1) is 12.3 Å². The Labute approximate surface area is 121 Å². The molecule has 1 aromatic rings. The summed E-state index contributed by atoms with van der Waals surface area (Å²) in [5.74, 6) is 0.837. The second-order valence-corrected chi connectivity index (χ2v) is 7.02. The molecule has 0 heterocycles. The molecule has 6 heteroatoms. The topological polar surface area (TPSA) is 29.5 Å². The van der Waals surface area contributed by atoms with Gasteiger partial charge in [0, 0.05) is 0 Å². The molecule has 0 aliphatic heterocycles. The highest BCUT2D eigenvalue weighted by atomic mass is 79.9. The second-order valence-electron chi connectivity index (χ2n) is 2.54. The van der Waals surface area contributed by atoms with Crippen LogP contribution in [-0.4, -0.2) is 11.7 Å². The lowest BCUT2D eigenvalue weighted by Crippen LogP contribution is -1.93. The molecule has 0 spiro atoms. The van der Waals surface area contributed by atoms with E-state index in [1.807, 2.05) is 6.08 Å². The average molecular weight is 466 g/mol. The maximum Gasteiger partial charge on any atom is 0.144 e. The van der Waals surface area contributed by atoms with Gasteiger partial charge < -0.3 is 9.84 Å². The molecule has 0 amide bonds. The number of aromatic hydroxyl groups is 1. The molecule has 0 saturated heterocycles. The van der Waals surface area contributed by atoms with E-state index in [9.17, 15) is 5.11 Å². The standard InChI is InChI=1S/C9H6Br4O2/c10-6-3-5(4-7(11)9(6)14)15-2-1-8(12)13/h1,3-4,14H,2H2. The summed E-state index contributed by atoms with van der Waals surface area (Å²) < 4.78 is 7.45. The Morgan fingerprint density at radius 3 is 2.27 bits per heavy atom. The summed E-state index contributed by atoms with van der Waals surface area (Å²) in [5, 5.41) is 9.47. The summed E-state index contributed by atoms with van der Waals surface area (Å²) in [6.45, 7) is 0.440. The van der Waals surface area contributed by atoms with Crippen LogP contribution in [0.1, 0.15) is 0 Å². The van der Waals surface area contributed by atoms with Gasteiger partial charge >= 0.3 is 0 Å². The van der Waals surface area contributed by atoms with Crippen LogP contribution in [0.2, 0.25) is 0 Å². The smallest absolute Gasteiger partial charge is 0.144 e. The summed E-state index contributed by atoms with van der Waals surface area (Å²) in [6.07, 6.45) is 1.83. The number of ether oxygens (including phenoxy) is 1. The van der Waals surface area contributed by atoms with Crippen molar-refractivity contribution in [1.82, 2.24) is 0 Å². The third kappa shape index (κ3) is 4.46. The van der Waals surface area contributed by atoms with Crippen LogP contribution in [0, 0.1) is 0 Å². The average Bonchev–Trinajstić information content (AvgIpc) is 2.13. The molecule has 0 atom stereocenters. The Morgan fingerprint density at radius 2 is 1.80 bits per heavy atom. The first kappa shape index (κ1) is 13.5.